The maximum atomic E-state index is 3.45. The van der Waals surface area contributed by atoms with Crippen LogP contribution in [-0.4, -0.2) is 43.1 Å². The fourth-order valence-electron chi connectivity index (χ4n) is 2.16. The Hall–Kier alpha value is -0.510. The van der Waals surface area contributed by atoms with E-state index in [0.29, 0.717) is 6.04 Å². The molecular weight excluding hydrogens is 264 g/mol. The Balaban J connectivity index is 2.38. The molecule has 0 saturated heterocycles. The molecule has 0 aliphatic carbocycles. The van der Waals surface area contributed by atoms with Crippen molar-refractivity contribution in [3.8, 4) is 0 Å². The van der Waals surface area contributed by atoms with E-state index in [1.165, 1.54) is 23.3 Å². The van der Waals surface area contributed by atoms with Crippen molar-refractivity contribution >= 4 is 11.8 Å². The molecule has 0 saturated carbocycles. The number of nitrogens with zero attached hydrogens (tertiary/aromatic N) is 1. The van der Waals surface area contributed by atoms with Gasteiger partial charge in [-0.05, 0) is 57.3 Å². The minimum Gasteiger partial charge on any atom is -0.316 e. The molecule has 1 unspecified atom stereocenters. The summed E-state index contributed by atoms with van der Waals surface area (Å²) in [5.74, 6) is 1.19. The van der Waals surface area contributed by atoms with Crippen LogP contribution >= 0.6 is 11.8 Å². The molecule has 0 spiro atoms. The van der Waals surface area contributed by atoms with Crippen LogP contribution in [-0.2, 0) is 13.0 Å². The highest BCUT2D eigenvalue weighted by atomic mass is 32.2. The first-order valence-corrected chi connectivity index (χ1v) is 9.04. The Kier molecular flexibility index (Phi) is 8.99. The van der Waals surface area contributed by atoms with Crippen LogP contribution in [0.15, 0.2) is 24.3 Å². The highest BCUT2D eigenvalue weighted by molar-refractivity contribution is 7.98. The second kappa shape index (κ2) is 10.3. The van der Waals surface area contributed by atoms with Crippen molar-refractivity contribution in [1.29, 1.82) is 0 Å². The predicted octanol–water partition coefficient (Wildman–Crippen LogP) is 3.41. The Morgan fingerprint density at radius 2 is 1.80 bits per heavy atom. The molecule has 0 radical (unpaired) electrons. The molecule has 114 valence electrons. The van der Waals surface area contributed by atoms with E-state index in [1.54, 1.807) is 0 Å². The highest BCUT2D eigenvalue weighted by Crippen LogP contribution is 2.11. The zero-order valence-corrected chi connectivity index (χ0v) is 14.3. The number of benzene rings is 1. The largest absolute Gasteiger partial charge is 0.316 e. The van der Waals surface area contributed by atoms with Gasteiger partial charge in [-0.2, -0.15) is 11.8 Å². The van der Waals surface area contributed by atoms with Gasteiger partial charge in [0.15, 0.2) is 0 Å². The van der Waals surface area contributed by atoms with Gasteiger partial charge >= 0.3 is 0 Å². The van der Waals surface area contributed by atoms with Crippen LogP contribution < -0.4 is 5.32 Å². The number of nitrogens with one attached hydrogen (secondary N) is 1. The first-order chi connectivity index (χ1) is 9.67. The van der Waals surface area contributed by atoms with E-state index in [1.807, 2.05) is 11.8 Å². The Morgan fingerprint density at radius 3 is 2.40 bits per heavy atom. The Bertz CT molecular complexity index is 351. The van der Waals surface area contributed by atoms with Gasteiger partial charge in [0.25, 0.3) is 0 Å². The average molecular weight is 295 g/mol. The molecule has 0 amide bonds. The molecule has 0 aromatic heterocycles. The smallest absolute Gasteiger partial charge is 0.0233 e. The molecule has 0 aliphatic heterocycles. The highest BCUT2D eigenvalue weighted by Gasteiger charge is 2.08. The average Bonchev–Trinajstić information content (AvgIpc) is 2.45. The van der Waals surface area contributed by atoms with Crippen molar-refractivity contribution in [3.63, 3.8) is 0 Å². The Morgan fingerprint density at radius 1 is 1.15 bits per heavy atom. The van der Waals surface area contributed by atoms with E-state index in [0.717, 1.165) is 26.1 Å². The maximum absolute atomic E-state index is 3.45. The number of thioether (sulfide) groups is 1. The lowest BCUT2D eigenvalue weighted by Crippen LogP contribution is -2.30. The van der Waals surface area contributed by atoms with E-state index >= 15 is 0 Å². The molecule has 0 heterocycles. The zero-order chi connectivity index (χ0) is 14.8. The molecule has 1 atom stereocenters. The summed E-state index contributed by atoms with van der Waals surface area (Å²) >= 11 is 1.92. The van der Waals surface area contributed by atoms with Crippen LogP contribution in [0.2, 0.25) is 0 Å². The summed E-state index contributed by atoms with van der Waals surface area (Å²) in [6, 6.07) is 9.73. The third-order valence-electron chi connectivity index (χ3n) is 3.63. The van der Waals surface area contributed by atoms with Crippen LogP contribution in [0, 0.1) is 0 Å². The lowest BCUT2D eigenvalue weighted by Gasteiger charge is -2.24. The van der Waals surface area contributed by atoms with Crippen molar-refractivity contribution in [2.24, 2.45) is 0 Å². The minimum absolute atomic E-state index is 0.628. The molecule has 3 heteroatoms. The van der Waals surface area contributed by atoms with Crippen LogP contribution in [0.25, 0.3) is 0 Å². The Labute approximate surface area is 129 Å². The van der Waals surface area contributed by atoms with Gasteiger partial charge in [0.1, 0.15) is 0 Å². The third-order valence-corrected chi connectivity index (χ3v) is 4.45. The monoisotopic (exact) mass is 294 g/mol. The summed E-state index contributed by atoms with van der Waals surface area (Å²) in [4.78, 5) is 2.42. The molecule has 1 aromatic carbocycles. The van der Waals surface area contributed by atoms with Crippen molar-refractivity contribution in [3.05, 3.63) is 35.4 Å². The zero-order valence-electron chi connectivity index (χ0n) is 13.5. The van der Waals surface area contributed by atoms with Gasteiger partial charge in [-0.1, -0.05) is 31.2 Å². The van der Waals surface area contributed by atoms with E-state index in [4.69, 9.17) is 0 Å². The summed E-state index contributed by atoms with van der Waals surface area (Å²) in [7, 11) is 2.21. The van der Waals surface area contributed by atoms with Crippen LogP contribution in [0.1, 0.15) is 31.4 Å². The van der Waals surface area contributed by atoms with Gasteiger partial charge in [0.2, 0.25) is 0 Å². The van der Waals surface area contributed by atoms with Crippen molar-refractivity contribution in [1.82, 2.24) is 10.2 Å². The van der Waals surface area contributed by atoms with E-state index in [9.17, 15) is 0 Å². The molecule has 2 nitrogen and oxygen atoms in total. The molecule has 1 aromatic rings. The van der Waals surface area contributed by atoms with E-state index in [-0.39, 0.29) is 0 Å². The SMILES string of the molecule is CCCNCCc1ccc(CN(C)C(C)CSC)cc1. The van der Waals surface area contributed by atoms with E-state index < -0.39 is 0 Å². The molecule has 1 rings (SSSR count). The fraction of sp³-hybridized carbons (Fsp3) is 0.647. The van der Waals surface area contributed by atoms with Crippen molar-refractivity contribution in [2.75, 3.05) is 32.1 Å². The summed E-state index contributed by atoms with van der Waals surface area (Å²) in [5.41, 5.74) is 2.84. The lowest BCUT2D eigenvalue weighted by molar-refractivity contribution is 0.270. The minimum atomic E-state index is 0.628. The molecule has 0 aliphatic rings. The second-order valence-corrected chi connectivity index (χ2v) is 6.45. The summed E-state index contributed by atoms with van der Waals surface area (Å²) in [6.07, 6.45) is 4.50. The summed E-state index contributed by atoms with van der Waals surface area (Å²) in [5, 5.41) is 3.45. The van der Waals surface area contributed by atoms with Crippen LogP contribution in [0.5, 0.6) is 0 Å². The lowest BCUT2D eigenvalue weighted by atomic mass is 10.1. The maximum Gasteiger partial charge on any atom is 0.0233 e. The number of hydrogen-bond donors (Lipinski definition) is 1. The number of rotatable bonds is 10. The standard InChI is InChI=1S/C17H30N2S/c1-5-11-18-12-10-16-6-8-17(9-7-16)13-19(3)15(2)14-20-4/h6-9,15,18H,5,10-14H2,1-4H3. The first kappa shape index (κ1) is 17.5. The van der Waals surface area contributed by atoms with Crippen molar-refractivity contribution < 1.29 is 0 Å². The molecule has 0 bridgehead atoms. The quantitative estimate of drug-likeness (QED) is 0.666. The molecule has 0 fully saturated rings. The third kappa shape index (κ3) is 6.78. The van der Waals surface area contributed by atoms with Gasteiger partial charge in [-0.25, -0.2) is 0 Å². The van der Waals surface area contributed by atoms with Gasteiger partial charge < -0.3 is 5.32 Å². The van der Waals surface area contributed by atoms with Gasteiger partial charge in [0, 0.05) is 18.3 Å². The topological polar surface area (TPSA) is 15.3 Å². The van der Waals surface area contributed by atoms with Crippen LogP contribution in [0.3, 0.4) is 0 Å². The summed E-state index contributed by atoms with van der Waals surface area (Å²) in [6.45, 7) is 7.74. The van der Waals surface area contributed by atoms with Gasteiger partial charge in [0.05, 0.1) is 0 Å². The molecule has 20 heavy (non-hydrogen) atoms. The van der Waals surface area contributed by atoms with Gasteiger partial charge in [-0.3, -0.25) is 4.90 Å². The number of hydrogen-bond acceptors (Lipinski definition) is 3. The predicted molar refractivity (Wildman–Crippen MR) is 92.6 cm³/mol. The second-order valence-electron chi connectivity index (χ2n) is 5.54. The van der Waals surface area contributed by atoms with E-state index in [2.05, 4.69) is 61.6 Å². The first-order valence-electron chi connectivity index (χ1n) is 7.65. The summed E-state index contributed by atoms with van der Waals surface area (Å²) < 4.78 is 0. The fourth-order valence-corrected chi connectivity index (χ4v) is 2.89. The normalized spacial score (nSPS) is 12.8. The molecule has 1 N–H and O–H groups in total. The van der Waals surface area contributed by atoms with Crippen LogP contribution in [0.4, 0.5) is 0 Å². The van der Waals surface area contributed by atoms with Crippen molar-refractivity contribution in [2.45, 2.75) is 39.3 Å². The molecular formula is C17H30N2S. The van der Waals surface area contributed by atoms with Gasteiger partial charge in [-0.15, -0.1) is 0 Å².